The minimum absolute atomic E-state index is 0.373. The quantitative estimate of drug-likeness (QED) is 0.492. The van der Waals surface area contributed by atoms with E-state index in [1.54, 1.807) is 6.20 Å². The molecule has 8 nitrogen and oxygen atoms in total. The van der Waals surface area contributed by atoms with Crippen LogP contribution in [0.15, 0.2) is 67.0 Å². The molecular formula is C24H23N5O3. The summed E-state index contributed by atoms with van der Waals surface area (Å²) in [4.78, 5) is 22.7. The molecule has 3 N–H and O–H groups in total. The number of aliphatic carboxylic acids is 1. The van der Waals surface area contributed by atoms with E-state index in [9.17, 15) is 9.90 Å². The zero-order valence-corrected chi connectivity index (χ0v) is 17.4. The van der Waals surface area contributed by atoms with Gasteiger partial charge in [0.1, 0.15) is 28.5 Å². The van der Waals surface area contributed by atoms with Crippen LogP contribution < -0.4 is 15.4 Å². The van der Waals surface area contributed by atoms with Crippen LogP contribution in [-0.4, -0.2) is 38.5 Å². The van der Waals surface area contributed by atoms with Crippen LogP contribution in [0.4, 0.5) is 11.8 Å². The Kier molecular flexibility index (Phi) is 5.10. The fourth-order valence-electron chi connectivity index (χ4n) is 4.14. The van der Waals surface area contributed by atoms with Gasteiger partial charge < -0.3 is 20.5 Å². The van der Waals surface area contributed by atoms with Gasteiger partial charge in [-0.05, 0) is 49.2 Å². The monoisotopic (exact) mass is 429 g/mol. The Labute approximate surface area is 184 Å². The second-order valence-corrected chi connectivity index (χ2v) is 7.85. The Morgan fingerprint density at radius 3 is 2.59 bits per heavy atom. The molecule has 4 aromatic rings. The summed E-state index contributed by atoms with van der Waals surface area (Å²) in [5.41, 5.74) is 8.52. The summed E-state index contributed by atoms with van der Waals surface area (Å²) in [5, 5.41) is 9.48. The van der Waals surface area contributed by atoms with Crippen molar-refractivity contribution >= 4 is 23.3 Å². The third-order valence-electron chi connectivity index (χ3n) is 5.72. The number of anilines is 2. The first kappa shape index (κ1) is 19.9. The number of piperidine rings is 1. The van der Waals surface area contributed by atoms with Gasteiger partial charge in [0.2, 0.25) is 5.95 Å². The summed E-state index contributed by atoms with van der Waals surface area (Å²) in [6.45, 7) is 1.16. The molecule has 32 heavy (non-hydrogen) atoms. The summed E-state index contributed by atoms with van der Waals surface area (Å²) in [7, 11) is 0. The molecule has 0 amide bonds. The average Bonchev–Trinajstić information content (AvgIpc) is 3.21. The van der Waals surface area contributed by atoms with E-state index in [0.717, 1.165) is 30.0 Å². The van der Waals surface area contributed by atoms with Gasteiger partial charge in [0.15, 0.2) is 0 Å². The Morgan fingerprint density at radius 2 is 1.84 bits per heavy atom. The number of nitrogens with zero attached hydrogens (tertiary/aromatic N) is 4. The van der Waals surface area contributed by atoms with Gasteiger partial charge in [0.05, 0.1) is 5.92 Å². The SMILES string of the molecule is Nc1nccn2c(N3CCCC(C(=O)O)C3)nc(-c3ccc(Oc4ccccc4)cc3)c12. The van der Waals surface area contributed by atoms with E-state index in [1.807, 2.05) is 70.1 Å². The average molecular weight is 429 g/mol. The number of hydrogen-bond acceptors (Lipinski definition) is 6. The summed E-state index contributed by atoms with van der Waals surface area (Å²) in [6.07, 6.45) is 4.92. The van der Waals surface area contributed by atoms with Crippen LogP contribution in [0.5, 0.6) is 11.5 Å². The summed E-state index contributed by atoms with van der Waals surface area (Å²) in [5.74, 6) is 1.35. The number of nitrogens with two attached hydrogens (primary N) is 1. The first-order valence-corrected chi connectivity index (χ1v) is 10.5. The smallest absolute Gasteiger partial charge is 0.308 e. The highest BCUT2D eigenvalue weighted by atomic mass is 16.5. The molecule has 2 aromatic heterocycles. The van der Waals surface area contributed by atoms with Gasteiger partial charge >= 0.3 is 5.97 Å². The number of benzene rings is 2. The lowest BCUT2D eigenvalue weighted by molar-refractivity contribution is -0.141. The molecule has 8 heteroatoms. The van der Waals surface area contributed by atoms with Gasteiger partial charge in [-0.25, -0.2) is 9.97 Å². The number of fused-ring (bicyclic) bond motifs is 1. The molecule has 2 aromatic carbocycles. The van der Waals surface area contributed by atoms with Crippen LogP contribution in [0.25, 0.3) is 16.8 Å². The lowest BCUT2D eigenvalue weighted by Gasteiger charge is -2.30. The van der Waals surface area contributed by atoms with E-state index in [-0.39, 0.29) is 0 Å². The zero-order valence-electron chi connectivity index (χ0n) is 17.4. The normalized spacial score (nSPS) is 16.2. The molecule has 1 unspecified atom stereocenters. The fraction of sp³-hybridized carbons (Fsp3) is 0.208. The first-order chi connectivity index (χ1) is 15.6. The predicted octanol–water partition coefficient (Wildman–Crippen LogP) is 4.07. The maximum atomic E-state index is 11.5. The molecule has 1 aliphatic heterocycles. The molecule has 1 atom stereocenters. The molecule has 1 aliphatic rings. The molecule has 0 radical (unpaired) electrons. The van der Waals surface area contributed by atoms with Crippen LogP contribution in [0.3, 0.4) is 0 Å². The topological polar surface area (TPSA) is 106 Å². The van der Waals surface area contributed by atoms with Crippen molar-refractivity contribution in [2.45, 2.75) is 12.8 Å². The minimum Gasteiger partial charge on any atom is -0.481 e. The summed E-state index contributed by atoms with van der Waals surface area (Å²) in [6, 6.07) is 17.2. The van der Waals surface area contributed by atoms with Crippen molar-refractivity contribution in [3.05, 3.63) is 67.0 Å². The molecule has 162 valence electrons. The highest BCUT2D eigenvalue weighted by molar-refractivity contribution is 5.87. The summed E-state index contributed by atoms with van der Waals surface area (Å²) < 4.78 is 7.79. The molecule has 0 saturated carbocycles. The third kappa shape index (κ3) is 3.71. The highest BCUT2D eigenvalue weighted by Crippen LogP contribution is 2.34. The van der Waals surface area contributed by atoms with E-state index < -0.39 is 11.9 Å². The van der Waals surface area contributed by atoms with Gasteiger partial charge in [0.25, 0.3) is 0 Å². The molecule has 3 heterocycles. The third-order valence-corrected chi connectivity index (χ3v) is 5.72. The van der Waals surface area contributed by atoms with Crippen molar-refractivity contribution in [3.8, 4) is 22.8 Å². The van der Waals surface area contributed by atoms with Crippen molar-refractivity contribution in [1.82, 2.24) is 14.4 Å². The van der Waals surface area contributed by atoms with Crippen LogP contribution in [0, 0.1) is 5.92 Å². The Morgan fingerprint density at radius 1 is 1.09 bits per heavy atom. The largest absolute Gasteiger partial charge is 0.481 e. The number of carboxylic acids is 1. The lowest BCUT2D eigenvalue weighted by atomic mass is 9.99. The summed E-state index contributed by atoms with van der Waals surface area (Å²) >= 11 is 0. The molecule has 1 fully saturated rings. The van der Waals surface area contributed by atoms with Crippen LogP contribution in [-0.2, 0) is 4.79 Å². The number of imidazole rings is 1. The van der Waals surface area contributed by atoms with Crippen LogP contribution in [0.1, 0.15) is 12.8 Å². The molecule has 0 bridgehead atoms. The number of ether oxygens (including phenoxy) is 1. The van der Waals surface area contributed by atoms with E-state index in [2.05, 4.69) is 4.98 Å². The number of carbonyl (C=O) groups is 1. The second-order valence-electron chi connectivity index (χ2n) is 7.85. The van der Waals surface area contributed by atoms with Gasteiger partial charge in [-0.2, -0.15) is 0 Å². The Bertz CT molecular complexity index is 1250. The highest BCUT2D eigenvalue weighted by Gasteiger charge is 2.29. The van der Waals surface area contributed by atoms with Crippen LogP contribution >= 0.6 is 0 Å². The standard InChI is InChI=1S/C24H23N5O3/c25-22-21-20(16-8-10-19(11-9-16)32-18-6-2-1-3-7-18)27-24(29(21)14-12-26-22)28-13-4-5-17(15-28)23(30)31/h1-3,6-12,14,17H,4-5,13,15H2,(H2,25,26)(H,30,31). The molecule has 1 saturated heterocycles. The number of rotatable bonds is 5. The van der Waals surface area contributed by atoms with E-state index in [4.69, 9.17) is 15.5 Å². The van der Waals surface area contributed by atoms with Crippen molar-refractivity contribution in [3.63, 3.8) is 0 Å². The van der Waals surface area contributed by atoms with Crippen molar-refractivity contribution < 1.29 is 14.6 Å². The van der Waals surface area contributed by atoms with E-state index >= 15 is 0 Å². The zero-order chi connectivity index (χ0) is 22.1. The molecule has 0 spiro atoms. The Hall–Kier alpha value is -4.07. The van der Waals surface area contributed by atoms with E-state index in [0.29, 0.717) is 35.9 Å². The predicted molar refractivity (Wildman–Crippen MR) is 122 cm³/mol. The van der Waals surface area contributed by atoms with Crippen molar-refractivity contribution in [2.24, 2.45) is 5.92 Å². The van der Waals surface area contributed by atoms with Crippen molar-refractivity contribution in [2.75, 3.05) is 23.7 Å². The molecular weight excluding hydrogens is 406 g/mol. The van der Waals surface area contributed by atoms with Gasteiger partial charge in [-0.3, -0.25) is 9.20 Å². The fourth-order valence-corrected chi connectivity index (χ4v) is 4.14. The number of para-hydroxylation sites is 1. The number of hydrogen-bond donors (Lipinski definition) is 2. The number of nitrogen functional groups attached to an aromatic ring is 1. The van der Waals surface area contributed by atoms with Crippen molar-refractivity contribution in [1.29, 1.82) is 0 Å². The Balaban J connectivity index is 1.51. The molecule has 0 aliphatic carbocycles. The van der Waals surface area contributed by atoms with Gasteiger partial charge in [-0.1, -0.05) is 18.2 Å². The first-order valence-electron chi connectivity index (χ1n) is 10.5. The molecule has 5 rings (SSSR count). The number of aromatic nitrogens is 3. The lowest BCUT2D eigenvalue weighted by Crippen LogP contribution is -2.39. The maximum Gasteiger partial charge on any atom is 0.308 e. The maximum absolute atomic E-state index is 11.5. The minimum atomic E-state index is -0.772. The van der Waals surface area contributed by atoms with Crippen LogP contribution in [0.2, 0.25) is 0 Å². The van der Waals surface area contributed by atoms with E-state index in [1.165, 1.54) is 0 Å². The van der Waals surface area contributed by atoms with Gasteiger partial charge in [-0.15, -0.1) is 0 Å². The second kappa shape index (κ2) is 8.22. The van der Waals surface area contributed by atoms with Gasteiger partial charge in [0, 0.05) is 31.0 Å². The number of carboxylic acid groups (broad SMARTS) is 1.